The highest BCUT2D eigenvalue weighted by atomic mass is 19.4. The largest absolute Gasteiger partial charge is 0.483 e. The first-order valence-corrected chi connectivity index (χ1v) is 6.59. The second-order valence-corrected chi connectivity index (χ2v) is 4.71. The number of hydrogen-bond acceptors (Lipinski definition) is 3. The molecule has 0 saturated carbocycles. The van der Waals surface area contributed by atoms with Crippen molar-refractivity contribution in [1.29, 1.82) is 5.26 Å². The molecule has 0 aromatic heterocycles. The molecule has 1 N–H and O–H groups in total. The number of nitrogens with one attached hydrogen (secondary N) is 1. The number of ether oxygens (including phenoxy) is 1. The Labute approximate surface area is 130 Å². The van der Waals surface area contributed by atoms with Crippen molar-refractivity contribution in [1.82, 2.24) is 0 Å². The van der Waals surface area contributed by atoms with E-state index < -0.39 is 12.8 Å². The van der Waals surface area contributed by atoms with Gasteiger partial charge in [-0.05, 0) is 35.9 Å². The average Bonchev–Trinajstić information content (AvgIpc) is 2.52. The number of benzene rings is 2. The Bertz CT molecular complexity index is 706. The topological polar surface area (TPSA) is 45.0 Å². The molecule has 0 heterocycles. The molecule has 0 spiro atoms. The van der Waals surface area contributed by atoms with Crippen LogP contribution in [0, 0.1) is 17.1 Å². The van der Waals surface area contributed by atoms with Gasteiger partial charge in [-0.25, -0.2) is 4.39 Å². The number of nitriles is 1. The predicted octanol–water partition coefficient (Wildman–Crippen LogP) is 4.25. The quantitative estimate of drug-likeness (QED) is 0.836. The van der Waals surface area contributed by atoms with Crippen LogP contribution in [0.5, 0.6) is 5.75 Å². The lowest BCUT2D eigenvalue weighted by molar-refractivity contribution is -0.153. The van der Waals surface area contributed by atoms with Crippen LogP contribution in [0.4, 0.5) is 23.2 Å². The van der Waals surface area contributed by atoms with Gasteiger partial charge in [-0.1, -0.05) is 12.1 Å². The Balaban J connectivity index is 2.03. The van der Waals surface area contributed by atoms with Crippen LogP contribution in [-0.2, 0) is 6.54 Å². The van der Waals surface area contributed by atoms with Crippen LogP contribution in [0.1, 0.15) is 11.1 Å². The number of halogens is 4. The summed E-state index contributed by atoms with van der Waals surface area (Å²) >= 11 is 0. The summed E-state index contributed by atoms with van der Waals surface area (Å²) in [6.07, 6.45) is -4.47. The lowest BCUT2D eigenvalue weighted by atomic mass is 10.1. The van der Waals surface area contributed by atoms with Crippen molar-refractivity contribution in [3.63, 3.8) is 0 Å². The summed E-state index contributed by atoms with van der Waals surface area (Å²) in [6, 6.07) is 11.9. The summed E-state index contributed by atoms with van der Waals surface area (Å²) in [4.78, 5) is 0. The number of nitrogens with zero attached hydrogens (tertiary/aromatic N) is 1. The van der Waals surface area contributed by atoms with E-state index in [1.165, 1.54) is 30.3 Å². The summed E-state index contributed by atoms with van der Waals surface area (Å²) in [5.41, 5.74) is 1.37. The molecular weight excluding hydrogens is 312 g/mol. The fourth-order valence-corrected chi connectivity index (χ4v) is 1.82. The zero-order chi connectivity index (χ0) is 16.9. The van der Waals surface area contributed by atoms with Crippen molar-refractivity contribution in [2.24, 2.45) is 0 Å². The highest BCUT2D eigenvalue weighted by Gasteiger charge is 2.28. The summed E-state index contributed by atoms with van der Waals surface area (Å²) in [5, 5.41) is 12.0. The highest BCUT2D eigenvalue weighted by molar-refractivity contribution is 5.55. The van der Waals surface area contributed by atoms with Gasteiger partial charge >= 0.3 is 6.18 Å². The second kappa shape index (κ2) is 7.01. The van der Waals surface area contributed by atoms with Gasteiger partial charge in [0.15, 0.2) is 6.61 Å². The Morgan fingerprint density at radius 3 is 2.39 bits per heavy atom. The smallest absolute Gasteiger partial charge is 0.422 e. The summed E-state index contributed by atoms with van der Waals surface area (Å²) in [5.74, 6) is -0.469. The molecule has 0 aliphatic heterocycles. The molecule has 0 radical (unpaired) electrons. The van der Waals surface area contributed by atoms with Crippen LogP contribution in [0.25, 0.3) is 0 Å². The average molecular weight is 324 g/mol. The number of anilines is 1. The van der Waals surface area contributed by atoms with Gasteiger partial charge in [-0.15, -0.1) is 0 Å². The van der Waals surface area contributed by atoms with Crippen LogP contribution < -0.4 is 10.1 Å². The normalized spacial score (nSPS) is 10.9. The van der Waals surface area contributed by atoms with E-state index >= 15 is 0 Å². The van der Waals surface area contributed by atoms with Crippen molar-refractivity contribution in [2.45, 2.75) is 12.7 Å². The van der Waals surface area contributed by atoms with Crippen molar-refractivity contribution in [3.8, 4) is 11.8 Å². The first-order valence-electron chi connectivity index (χ1n) is 6.59. The fraction of sp³-hybridized carbons (Fsp3) is 0.188. The first-order chi connectivity index (χ1) is 10.9. The van der Waals surface area contributed by atoms with Crippen molar-refractivity contribution >= 4 is 5.69 Å². The number of hydrogen-bond donors (Lipinski definition) is 1. The van der Waals surface area contributed by atoms with Gasteiger partial charge in [0.25, 0.3) is 0 Å². The molecule has 0 fully saturated rings. The molecule has 0 aliphatic rings. The maximum absolute atomic E-state index is 12.8. The molecule has 0 unspecified atom stereocenters. The Hall–Kier alpha value is -2.75. The minimum atomic E-state index is -4.47. The van der Waals surface area contributed by atoms with E-state index in [-0.39, 0.29) is 17.1 Å². The van der Waals surface area contributed by atoms with E-state index in [1.807, 2.05) is 0 Å². The Morgan fingerprint density at radius 1 is 1.09 bits per heavy atom. The fourth-order valence-electron chi connectivity index (χ4n) is 1.82. The van der Waals surface area contributed by atoms with Gasteiger partial charge in [0, 0.05) is 12.2 Å². The number of rotatable bonds is 5. The molecule has 3 nitrogen and oxygen atoms in total. The molecule has 0 saturated heterocycles. The van der Waals surface area contributed by atoms with Crippen molar-refractivity contribution < 1.29 is 22.3 Å². The lowest BCUT2D eigenvalue weighted by Crippen LogP contribution is -2.19. The summed E-state index contributed by atoms with van der Waals surface area (Å²) in [7, 11) is 0. The van der Waals surface area contributed by atoms with Crippen LogP contribution in [0.2, 0.25) is 0 Å². The molecule has 0 amide bonds. The van der Waals surface area contributed by atoms with E-state index in [4.69, 9.17) is 5.26 Å². The molecule has 120 valence electrons. The highest BCUT2D eigenvalue weighted by Crippen LogP contribution is 2.25. The third-order valence-electron chi connectivity index (χ3n) is 2.90. The van der Waals surface area contributed by atoms with Crippen LogP contribution >= 0.6 is 0 Å². The summed E-state index contributed by atoms with van der Waals surface area (Å²) < 4.78 is 53.8. The predicted molar refractivity (Wildman–Crippen MR) is 76.4 cm³/mol. The minimum Gasteiger partial charge on any atom is -0.483 e. The van der Waals surface area contributed by atoms with Gasteiger partial charge in [-0.3, -0.25) is 0 Å². The van der Waals surface area contributed by atoms with E-state index in [9.17, 15) is 17.6 Å². The molecule has 2 rings (SSSR count). The van der Waals surface area contributed by atoms with E-state index in [1.54, 1.807) is 18.2 Å². The SMILES string of the molecule is N#Cc1cc(NCc2ccc(F)cc2)ccc1OCC(F)(F)F. The molecule has 7 heteroatoms. The second-order valence-electron chi connectivity index (χ2n) is 4.71. The van der Waals surface area contributed by atoms with Gasteiger partial charge in [0.1, 0.15) is 17.6 Å². The van der Waals surface area contributed by atoms with E-state index in [0.29, 0.717) is 12.2 Å². The first kappa shape index (κ1) is 16.6. The maximum atomic E-state index is 12.8. The van der Waals surface area contributed by atoms with Crippen molar-refractivity contribution in [3.05, 3.63) is 59.4 Å². The van der Waals surface area contributed by atoms with E-state index in [0.717, 1.165) is 5.56 Å². The Kier molecular flexibility index (Phi) is 5.06. The number of alkyl halides is 3. The van der Waals surface area contributed by atoms with Crippen LogP contribution in [0.3, 0.4) is 0 Å². The summed E-state index contributed by atoms with van der Waals surface area (Å²) in [6.45, 7) is -1.07. The molecule has 0 aliphatic carbocycles. The molecule has 2 aromatic carbocycles. The standard InChI is InChI=1S/C16H12F4N2O/c17-13-3-1-11(2-4-13)9-22-14-5-6-15(12(7-14)8-21)23-10-16(18,19)20/h1-7,22H,9-10H2. The molecular formula is C16H12F4N2O. The molecule has 2 aromatic rings. The zero-order valence-electron chi connectivity index (χ0n) is 11.8. The van der Waals surface area contributed by atoms with Gasteiger partial charge < -0.3 is 10.1 Å². The zero-order valence-corrected chi connectivity index (χ0v) is 11.8. The molecule has 23 heavy (non-hydrogen) atoms. The maximum Gasteiger partial charge on any atom is 0.422 e. The molecule has 0 atom stereocenters. The third-order valence-corrected chi connectivity index (χ3v) is 2.90. The van der Waals surface area contributed by atoms with Gasteiger partial charge in [-0.2, -0.15) is 18.4 Å². The van der Waals surface area contributed by atoms with E-state index in [2.05, 4.69) is 10.1 Å². The monoisotopic (exact) mass is 324 g/mol. The Morgan fingerprint density at radius 2 is 1.78 bits per heavy atom. The van der Waals surface area contributed by atoms with Crippen molar-refractivity contribution in [2.75, 3.05) is 11.9 Å². The lowest BCUT2D eigenvalue weighted by Gasteiger charge is -2.12. The van der Waals surface area contributed by atoms with Gasteiger partial charge in [0.2, 0.25) is 0 Å². The third kappa shape index (κ3) is 5.18. The van der Waals surface area contributed by atoms with Crippen LogP contribution in [0.15, 0.2) is 42.5 Å². The van der Waals surface area contributed by atoms with Crippen LogP contribution in [-0.4, -0.2) is 12.8 Å². The molecule has 0 bridgehead atoms. The van der Waals surface area contributed by atoms with Gasteiger partial charge in [0.05, 0.1) is 5.56 Å². The minimum absolute atomic E-state index is 0.00152.